The molecular weight excluding hydrogens is 178 g/mol. The van der Waals surface area contributed by atoms with Gasteiger partial charge in [0, 0.05) is 24.8 Å². The second-order valence-electron chi connectivity index (χ2n) is 2.98. The van der Waals surface area contributed by atoms with Gasteiger partial charge in [0.25, 0.3) is 0 Å². The number of ether oxygens (including phenoxy) is 1. The number of benzene rings is 1. The van der Waals surface area contributed by atoms with Crippen molar-refractivity contribution in [1.82, 2.24) is 0 Å². The molecule has 0 radical (unpaired) electrons. The van der Waals surface area contributed by atoms with E-state index in [1.165, 1.54) is 6.92 Å². The fraction of sp³-hybridized carbons (Fsp3) is 0.364. The number of para-hydroxylation sites is 1. The maximum Gasteiger partial charge on any atom is 0.221 e. The molecule has 76 valence electrons. The number of hydrogen-bond acceptors (Lipinski definition) is 2. The van der Waals surface area contributed by atoms with Gasteiger partial charge in [0.1, 0.15) is 0 Å². The smallest absolute Gasteiger partial charge is 0.221 e. The van der Waals surface area contributed by atoms with Crippen molar-refractivity contribution in [2.45, 2.75) is 20.5 Å². The highest BCUT2D eigenvalue weighted by Crippen LogP contribution is 2.15. The number of anilines is 1. The summed E-state index contributed by atoms with van der Waals surface area (Å²) in [5.41, 5.74) is 1.83. The molecule has 1 amide bonds. The number of nitrogens with one attached hydrogen (secondary N) is 1. The van der Waals surface area contributed by atoms with Gasteiger partial charge < -0.3 is 10.1 Å². The van der Waals surface area contributed by atoms with E-state index >= 15 is 0 Å². The Morgan fingerprint density at radius 2 is 2.14 bits per heavy atom. The molecule has 0 unspecified atom stereocenters. The summed E-state index contributed by atoms with van der Waals surface area (Å²) in [4.78, 5) is 10.9. The summed E-state index contributed by atoms with van der Waals surface area (Å²) in [7, 11) is 0. The minimum Gasteiger partial charge on any atom is -0.377 e. The second kappa shape index (κ2) is 5.40. The van der Waals surface area contributed by atoms with Crippen molar-refractivity contribution >= 4 is 11.6 Å². The molecular formula is C11H15NO2. The molecule has 0 atom stereocenters. The van der Waals surface area contributed by atoms with Crippen LogP contribution in [0.5, 0.6) is 0 Å². The van der Waals surface area contributed by atoms with Crippen molar-refractivity contribution in [3.8, 4) is 0 Å². The van der Waals surface area contributed by atoms with Gasteiger partial charge in [-0.3, -0.25) is 4.79 Å². The molecule has 1 rings (SSSR count). The molecule has 0 saturated heterocycles. The monoisotopic (exact) mass is 193 g/mol. The van der Waals surface area contributed by atoms with Crippen LogP contribution in [0.2, 0.25) is 0 Å². The van der Waals surface area contributed by atoms with Gasteiger partial charge in [-0.1, -0.05) is 18.2 Å². The lowest BCUT2D eigenvalue weighted by molar-refractivity contribution is -0.114. The lowest BCUT2D eigenvalue weighted by Gasteiger charge is -2.09. The molecule has 0 heterocycles. The Kier molecular flexibility index (Phi) is 4.13. The zero-order valence-corrected chi connectivity index (χ0v) is 8.54. The van der Waals surface area contributed by atoms with Gasteiger partial charge >= 0.3 is 0 Å². The van der Waals surface area contributed by atoms with Gasteiger partial charge in [-0.2, -0.15) is 0 Å². The average molecular weight is 193 g/mol. The van der Waals surface area contributed by atoms with Crippen LogP contribution in [0.3, 0.4) is 0 Å². The van der Waals surface area contributed by atoms with Gasteiger partial charge in [-0.15, -0.1) is 0 Å². The topological polar surface area (TPSA) is 38.3 Å². The first-order valence-electron chi connectivity index (χ1n) is 4.67. The SMILES string of the molecule is CCOCc1ccccc1NC(C)=O. The van der Waals surface area contributed by atoms with E-state index in [0.29, 0.717) is 13.2 Å². The predicted octanol–water partition coefficient (Wildman–Crippen LogP) is 2.18. The third-order valence-corrected chi connectivity index (χ3v) is 1.79. The fourth-order valence-corrected chi connectivity index (χ4v) is 1.17. The Labute approximate surface area is 84.1 Å². The van der Waals surface area contributed by atoms with E-state index in [4.69, 9.17) is 4.74 Å². The first-order valence-corrected chi connectivity index (χ1v) is 4.67. The number of rotatable bonds is 4. The van der Waals surface area contributed by atoms with Crippen LogP contribution in [-0.2, 0) is 16.1 Å². The van der Waals surface area contributed by atoms with Crippen LogP contribution in [0.15, 0.2) is 24.3 Å². The fourth-order valence-electron chi connectivity index (χ4n) is 1.17. The summed E-state index contributed by atoms with van der Waals surface area (Å²) in [5.74, 6) is -0.0612. The van der Waals surface area contributed by atoms with Crippen LogP contribution in [-0.4, -0.2) is 12.5 Å². The van der Waals surface area contributed by atoms with Crippen LogP contribution in [0, 0.1) is 0 Å². The molecule has 1 N–H and O–H groups in total. The first kappa shape index (κ1) is 10.7. The van der Waals surface area contributed by atoms with Crippen molar-refractivity contribution in [2.24, 2.45) is 0 Å². The molecule has 3 nitrogen and oxygen atoms in total. The largest absolute Gasteiger partial charge is 0.377 e. The summed E-state index contributed by atoms with van der Waals surface area (Å²) in [5, 5.41) is 2.76. The predicted molar refractivity (Wildman–Crippen MR) is 56.1 cm³/mol. The Morgan fingerprint density at radius 3 is 2.79 bits per heavy atom. The minimum absolute atomic E-state index is 0.0612. The van der Waals surface area contributed by atoms with E-state index in [1.807, 2.05) is 31.2 Å². The highest BCUT2D eigenvalue weighted by molar-refractivity contribution is 5.89. The number of carbonyl (C=O) groups is 1. The van der Waals surface area contributed by atoms with E-state index in [-0.39, 0.29) is 5.91 Å². The molecule has 0 aliphatic rings. The maximum absolute atomic E-state index is 10.9. The van der Waals surface area contributed by atoms with Crippen LogP contribution in [0.4, 0.5) is 5.69 Å². The molecule has 0 saturated carbocycles. The number of amides is 1. The molecule has 0 aliphatic heterocycles. The normalized spacial score (nSPS) is 9.86. The Balaban J connectivity index is 2.74. The molecule has 0 aromatic heterocycles. The van der Waals surface area contributed by atoms with Crippen LogP contribution in [0.1, 0.15) is 19.4 Å². The van der Waals surface area contributed by atoms with Crippen LogP contribution < -0.4 is 5.32 Å². The van der Waals surface area contributed by atoms with Gasteiger partial charge in [0.15, 0.2) is 0 Å². The molecule has 0 aliphatic carbocycles. The molecule has 0 bridgehead atoms. The summed E-state index contributed by atoms with van der Waals surface area (Å²) in [6, 6.07) is 7.64. The van der Waals surface area contributed by atoms with E-state index in [2.05, 4.69) is 5.32 Å². The molecule has 14 heavy (non-hydrogen) atoms. The summed E-state index contributed by atoms with van der Waals surface area (Å²) >= 11 is 0. The zero-order chi connectivity index (χ0) is 10.4. The average Bonchev–Trinajstić information content (AvgIpc) is 2.16. The van der Waals surface area contributed by atoms with E-state index in [9.17, 15) is 4.79 Å². The lowest BCUT2D eigenvalue weighted by atomic mass is 10.2. The third kappa shape index (κ3) is 3.18. The van der Waals surface area contributed by atoms with Crippen molar-refractivity contribution in [3.63, 3.8) is 0 Å². The number of carbonyl (C=O) groups excluding carboxylic acids is 1. The Bertz CT molecular complexity index is 310. The van der Waals surface area contributed by atoms with Crippen molar-refractivity contribution < 1.29 is 9.53 Å². The van der Waals surface area contributed by atoms with Gasteiger partial charge in [0.05, 0.1) is 6.61 Å². The van der Waals surface area contributed by atoms with Gasteiger partial charge in [0.2, 0.25) is 5.91 Å². The van der Waals surface area contributed by atoms with Crippen molar-refractivity contribution in [1.29, 1.82) is 0 Å². The van der Waals surface area contributed by atoms with Crippen LogP contribution >= 0.6 is 0 Å². The summed E-state index contributed by atoms with van der Waals surface area (Å²) in [6.07, 6.45) is 0. The number of hydrogen-bond donors (Lipinski definition) is 1. The van der Waals surface area contributed by atoms with Crippen molar-refractivity contribution in [3.05, 3.63) is 29.8 Å². The molecule has 0 spiro atoms. The highest BCUT2D eigenvalue weighted by atomic mass is 16.5. The van der Waals surface area contributed by atoms with E-state index in [0.717, 1.165) is 11.3 Å². The zero-order valence-electron chi connectivity index (χ0n) is 8.54. The van der Waals surface area contributed by atoms with Gasteiger partial charge in [-0.25, -0.2) is 0 Å². The van der Waals surface area contributed by atoms with E-state index in [1.54, 1.807) is 0 Å². The quantitative estimate of drug-likeness (QED) is 0.796. The Morgan fingerprint density at radius 1 is 1.43 bits per heavy atom. The van der Waals surface area contributed by atoms with Crippen LogP contribution in [0.25, 0.3) is 0 Å². The molecule has 1 aromatic rings. The molecule has 1 aromatic carbocycles. The minimum atomic E-state index is -0.0612. The van der Waals surface area contributed by atoms with E-state index < -0.39 is 0 Å². The molecule has 3 heteroatoms. The Hall–Kier alpha value is -1.35. The van der Waals surface area contributed by atoms with Gasteiger partial charge in [-0.05, 0) is 13.0 Å². The molecule has 0 fully saturated rings. The maximum atomic E-state index is 10.9. The second-order valence-corrected chi connectivity index (χ2v) is 2.98. The summed E-state index contributed by atoms with van der Waals surface area (Å²) in [6.45, 7) is 4.65. The lowest BCUT2D eigenvalue weighted by Crippen LogP contribution is -2.08. The van der Waals surface area contributed by atoms with Crippen molar-refractivity contribution in [2.75, 3.05) is 11.9 Å². The first-order chi connectivity index (χ1) is 6.74. The summed E-state index contributed by atoms with van der Waals surface area (Å²) < 4.78 is 5.29. The third-order valence-electron chi connectivity index (χ3n) is 1.79. The standard InChI is InChI=1S/C11H15NO2/c1-3-14-8-10-6-4-5-7-11(10)12-9(2)13/h4-7H,3,8H2,1-2H3,(H,12,13). The highest BCUT2D eigenvalue weighted by Gasteiger charge is 2.02.